The van der Waals surface area contributed by atoms with Crippen molar-refractivity contribution in [2.75, 3.05) is 11.9 Å². The molecule has 35 heavy (non-hydrogen) atoms. The summed E-state index contributed by atoms with van der Waals surface area (Å²) >= 11 is 0. The Kier molecular flexibility index (Phi) is 7.18. The van der Waals surface area contributed by atoms with Crippen molar-refractivity contribution in [3.05, 3.63) is 71.7 Å². The van der Waals surface area contributed by atoms with Crippen molar-refractivity contribution in [3.63, 3.8) is 0 Å². The Morgan fingerprint density at radius 2 is 2.03 bits per heavy atom. The monoisotopic (exact) mass is 506 g/mol. The van der Waals surface area contributed by atoms with Crippen LogP contribution >= 0.6 is 0 Å². The average molecular weight is 507 g/mol. The average Bonchev–Trinajstić information content (AvgIpc) is 3.39. The third-order valence-electron chi connectivity index (χ3n) is 5.69. The number of benzene rings is 1. The van der Waals surface area contributed by atoms with Gasteiger partial charge in [-0.25, -0.2) is 19.5 Å². The molecule has 12 nitrogen and oxygen atoms in total. The van der Waals surface area contributed by atoms with Crippen LogP contribution in [0.2, 0.25) is 0 Å². The lowest BCUT2D eigenvalue weighted by Gasteiger charge is -2.19. The molecule has 1 saturated carbocycles. The Hall–Kier alpha value is -3.30. The quantitative estimate of drug-likeness (QED) is 0.284. The second kappa shape index (κ2) is 10.1. The van der Waals surface area contributed by atoms with E-state index in [0.29, 0.717) is 5.56 Å². The number of halogens is 1. The van der Waals surface area contributed by atoms with Crippen molar-refractivity contribution in [2.24, 2.45) is 11.1 Å². The predicted molar refractivity (Wildman–Crippen MR) is 120 cm³/mol. The Morgan fingerprint density at radius 1 is 1.26 bits per heavy atom. The molecule has 5 N–H and O–H groups in total. The zero-order valence-electron chi connectivity index (χ0n) is 18.2. The van der Waals surface area contributed by atoms with Crippen LogP contribution in [0.4, 0.5) is 10.2 Å². The van der Waals surface area contributed by atoms with Gasteiger partial charge in [0.05, 0.1) is 30.9 Å². The van der Waals surface area contributed by atoms with E-state index in [2.05, 4.69) is 24.6 Å². The molecule has 1 aliphatic carbocycles. The van der Waals surface area contributed by atoms with E-state index in [4.69, 9.17) is 5.14 Å². The van der Waals surface area contributed by atoms with Crippen LogP contribution in [-0.2, 0) is 21.0 Å². The molecule has 1 fully saturated rings. The lowest BCUT2D eigenvalue weighted by atomic mass is 10.1. The maximum Gasteiger partial charge on any atom is 0.333 e. The Bertz CT molecular complexity index is 1320. The fourth-order valence-electron chi connectivity index (χ4n) is 3.91. The van der Waals surface area contributed by atoms with Gasteiger partial charge in [-0.1, -0.05) is 18.2 Å². The topological polar surface area (TPSA) is 183 Å². The highest BCUT2D eigenvalue weighted by atomic mass is 32.2. The number of carbonyl (C=O) groups is 1. The summed E-state index contributed by atoms with van der Waals surface area (Å²) in [6.45, 7) is -0.283. The maximum absolute atomic E-state index is 13.9. The van der Waals surface area contributed by atoms with E-state index in [-0.39, 0.29) is 35.9 Å². The molecular weight excluding hydrogens is 483 g/mol. The standard InChI is InChI=1S/C21H23FN6O6S/c22-15-4-2-1-3-12(15)9-28-6-5-16(27-28)19(30)14-8-24-11-25-21(14)26-17-7-13(18(29)20(17)31)10-34-35(23,32)33/h1-6,8,11,13,17-18,20,29,31H,7,9-10H2,(H2,23,32,33)(H,24,25,26)/t13-,17-,18-,20+/m1/s1. The largest absolute Gasteiger partial charge is 0.390 e. The molecule has 4 atom stereocenters. The zero-order valence-corrected chi connectivity index (χ0v) is 19.0. The van der Waals surface area contributed by atoms with Gasteiger partial charge in [-0.05, 0) is 18.6 Å². The van der Waals surface area contributed by atoms with Crippen LogP contribution in [-0.4, -0.2) is 69.0 Å². The van der Waals surface area contributed by atoms with E-state index in [1.54, 1.807) is 24.4 Å². The van der Waals surface area contributed by atoms with Crippen molar-refractivity contribution in [2.45, 2.75) is 31.2 Å². The molecule has 0 unspecified atom stereocenters. The van der Waals surface area contributed by atoms with Crippen molar-refractivity contribution in [1.82, 2.24) is 19.7 Å². The third kappa shape index (κ3) is 5.86. The third-order valence-corrected chi connectivity index (χ3v) is 6.16. The van der Waals surface area contributed by atoms with E-state index in [1.807, 2.05) is 0 Å². The summed E-state index contributed by atoms with van der Waals surface area (Å²) in [7, 11) is -4.21. The number of ketones is 1. The van der Waals surface area contributed by atoms with Gasteiger partial charge in [0.1, 0.15) is 29.8 Å². The number of carbonyl (C=O) groups excluding carboxylic acids is 1. The highest BCUT2D eigenvalue weighted by molar-refractivity contribution is 7.84. The number of hydrogen-bond acceptors (Lipinski definition) is 10. The molecule has 0 aliphatic heterocycles. The minimum Gasteiger partial charge on any atom is -0.390 e. The van der Waals surface area contributed by atoms with Gasteiger partial charge in [-0.3, -0.25) is 13.7 Å². The Morgan fingerprint density at radius 3 is 2.77 bits per heavy atom. The maximum atomic E-state index is 13.9. The Balaban J connectivity index is 1.48. The van der Waals surface area contributed by atoms with Crippen molar-refractivity contribution < 1.29 is 32.0 Å². The molecule has 2 aromatic heterocycles. The van der Waals surface area contributed by atoms with Gasteiger partial charge >= 0.3 is 10.3 Å². The number of rotatable bonds is 9. The van der Waals surface area contributed by atoms with E-state index in [0.717, 1.165) is 0 Å². The molecule has 3 aromatic rings. The first kappa shape index (κ1) is 24.8. The first-order chi connectivity index (χ1) is 16.6. The number of nitrogens with one attached hydrogen (secondary N) is 1. The molecule has 186 valence electrons. The fourth-order valence-corrected chi connectivity index (χ4v) is 4.28. The fraction of sp³-hybridized carbons (Fsp3) is 0.333. The van der Waals surface area contributed by atoms with Crippen LogP contribution < -0.4 is 10.5 Å². The molecule has 0 bridgehead atoms. The summed E-state index contributed by atoms with van der Waals surface area (Å²) in [4.78, 5) is 21.1. The van der Waals surface area contributed by atoms with Gasteiger partial charge in [-0.15, -0.1) is 0 Å². The van der Waals surface area contributed by atoms with Crippen molar-refractivity contribution in [3.8, 4) is 0 Å². The number of nitrogens with zero attached hydrogens (tertiary/aromatic N) is 4. The lowest BCUT2D eigenvalue weighted by molar-refractivity contribution is 0.00778. The summed E-state index contributed by atoms with van der Waals surface area (Å²) in [5.41, 5.74) is 0.551. The molecule has 0 amide bonds. The van der Waals surface area contributed by atoms with Gasteiger partial charge < -0.3 is 15.5 Å². The molecule has 0 radical (unpaired) electrons. The van der Waals surface area contributed by atoms with Gasteiger partial charge in [0.25, 0.3) is 0 Å². The van der Waals surface area contributed by atoms with Crippen LogP contribution in [0.5, 0.6) is 0 Å². The molecule has 2 heterocycles. The van der Waals surface area contributed by atoms with Gasteiger partial charge in [-0.2, -0.15) is 13.5 Å². The van der Waals surface area contributed by atoms with Crippen molar-refractivity contribution >= 4 is 21.9 Å². The molecule has 0 spiro atoms. The van der Waals surface area contributed by atoms with Crippen LogP contribution in [0.1, 0.15) is 28.0 Å². The number of anilines is 1. The first-order valence-corrected chi connectivity index (χ1v) is 12.0. The second-order valence-electron chi connectivity index (χ2n) is 8.11. The molecular formula is C21H23FN6O6S. The molecule has 0 saturated heterocycles. The first-order valence-electron chi connectivity index (χ1n) is 10.5. The molecule has 14 heteroatoms. The smallest absolute Gasteiger partial charge is 0.333 e. The number of hydrogen-bond donors (Lipinski definition) is 4. The number of aliphatic hydroxyl groups is 2. The van der Waals surface area contributed by atoms with Crippen molar-refractivity contribution in [1.29, 1.82) is 0 Å². The zero-order chi connectivity index (χ0) is 25.2. The number of aliphatic hydroxyl groups excluding tert-OH is 2. The van der Waals surface area contributed by atoms with E-state index in [9.17, 15) is 27.8 Å². The van der Waals surface area contributed by atoms with Gasteiger partial charge in [0.2, 0.25) is 5.78 Å². The summed E-state index contributed by atoms with van der Waals surface area (Å²) < 4.78 is 42.0. The van der Waals surface area contributed by atoms with E-state index >= 15 is 0 Å². The summed E-state index contributed by atoms with van der Waals surface area (Å²) in [6.07, 6.45) is 1.57. The van der Waals surface area contributed by atoms with Gasteiger partial charge in [0, 0.05) is 23.9 Å². The summed E-state index contributed by atoms with van der Waals surface area (Å²) in [6, 6.07) is 6.95. The van der Waals surface area contributed by atoms with Crippen LogP contribution in [0.3, 0.4) is 0 Å². The normalized spacial score (nSPS) is 22.3. The highest BCUT2D eigenvalue weighted by Gasteiger charge is 2.42. The van der Waals surface area contributed by atoms with Crippen LogP contribution in [0.25, 0.3) is 0 Å². The van der Waals surface area contributed by atoms with Crippen LogP contribution in [0.15, 0.2) is 49.1 Å². The second-order valence-corrected chi connectivity index (χ2v) is 9.33. The highest BCUT2D eigenvalue weighted by Crippen LogP contribution is 2.30. The van der Waals surface area contributed by atoms with E-state index in [1.165, 1.54) is 29.3 Å². The SMILES string of the molecule is NS(=O)(=O)OC[C@H]1C[C@@H](Nc2ncncc2C(=O)c2ccn(Cc3ccccc3F)n2)[C@H](O)[C@@H]1O. The number of nitrogens with two attached hydrogens (primary N) is 1. The predicted octanol–water partition coefficient (Wildman–Crippen LogP) is -0.166. The van der Waals surface area contributed by atoms with Gasteiger partial charge in [0.15, 0.2) is 0 Å². The number of aromatic nitrogens is 4. The Labute approximate surface area is 199 Å². The summed E-state index contributed by atoms with van der Waals surface area (Å²) in [5, 5.41) is 32.6. The molecule has 1 aliphatic rings. The summed E-state index contributed by atoms with van der Waals surface area (Å²) in [5.74, 6) is -1.53. The minimum atomic E-state index is -4.21. The van der Waals surface area contributed by atoms with Crippen LogP contribution in [0, 0.1) is 11.7 Å². The molecule has 4 rings (SSSR count). The molecule has 1 aromatic carbocycles. The van der Waals surface area contributed by atoms with E-state index < -0.39 is 46.9 Å². The minimum absolute atomic E-state index is 0.0644. The lowest BCUT2D eigenvalue weighted by Crippen LogP contribution is -2.36.